The number of nitrogens with two attached hydrogens (primary N) is 1. The van der Waals surface area contributed by atoms with Crippen LogP contribution in [0.4, 0.5) is 0 Å². The summed E-state index contributed by atoms with van der Waals surface area (Å²) in [7, 11) is 0. The smallest absolute Gasteiger partial charge is 0.155 e. The highest BCUT2D eigenvalue weighted by atomic mass is 15.4. The zero-order chi connectivity index (χ0) is 12.5. The molecular weight excluding hydrogens is 226 g/mol. The Morgan fingerprint density at radius 1 is 1.17 bits per heavy atom. The van der Waals surface area contributed by atoms with Gasteiger partial charge in [0, 0.05) is 12.2 Å². The first-order chi connectivity index (χ1) is 8.75. The van der Waals surface area contributed by atoms with Gasteiger partial charge in [0.15, 0.2) is 5.82 Å². The number of rotatable bonds is 2. The van der Waals surface area contributed by atoms with Gasteiger partial charge in [-0.2, -0.15) is 4.68 Å². The lowest BCUT2D eigenvalue weighted by molar-refractivity contribution is 0.782. The second-order valence-electron chi connectivity index (χ2n) is 4.23. The number of pyridine rings is 1. The third-order valence-corrected chi connectivity index (χ3v) is 2.87. The molecule has 5 heteroatoms. The van der Waals surface area contributed by atoms with E-state index in [-0.39, 0.29) is 6.04 Å². The molecule has 90 valence electrons. The molecule has 1 atom stereocenters. The van der Waals surface area contributed by atoms with Gasteiger partial charge in [-0.3, -0.25) is 0 Å². The van der Waals surface area contributed by atoms with Crippen molar-refractivity contribution >= 4 is 11.0 Å². The Morgan fingerprint density at radius 2 is 2.00 bits per heavy atom. The molecule has 5 nitrogen and oxygen atoms in total. The van der Waals surface area contributed by atoms with Crippen molar-refractivity contribution in [2.45, 2.75) is 13.0 Å². The largest absolute Gasteiger partial charge is 0.324 e. The van der Waals surface area contributed by atoms with Crippen LogP contribution in [0.5, 0.6) is 0 Å². The molecule has 3 rings (SSSR count). The van der Waals surface area contributed by atoms with Gasteiger partial charge >= 0.3 is 0 Å². The normalized spacial score (nSPS) is 12.8. The van der Waals surface area contributed by atoms with Crippen molar-refractivity contribution in [3.05, 3.63) is 48.2 Å². The van der Waals surface area contributed by atoms with E-state index in [1.165, 1.54) is 0 Å². The van der Waals surface area contributed by atoms with E-state index in [1.54, 1.807) is 10.9 Å². The van der Waals surface area contributed by atoms with Crippen molar-refractivity contribution in [1.82, 2.24) is 20.0 Å². The van der Waals surface area contributed by atoms with Gasteiger partial charge in [0.25, 0.3) is 0 Å². The van der Waals surface area contributed by atoms with Crippen LogP contribution in [0.25, 0.3) is 16.9 Å². The molecule has 0 spiro atoms. The Hall–Kier alpha value is -2.27. The van der Waals surface area contributed by atoms with Gasteiger partial charge < -0.3 is 5.73 Å². The maximum atomic E-state index is 5.80. The maximum absolute atomic E-state index is 5.80. The van der Waals surface area contributed by atoms with Gasteiger partial charge in [-0.15, -0.1) is 5.10 Å². The molecule has 0 saturated carbocycles. The number of para-hydroxylation sites is 1. The van der Waals surface area contributed by atoms with Gasteiger partial charge in [-0.25, -0.2) is 4.98 Å². The summed E-state index contributed by atoms with van der Waals surface area (Å²) in [5, 5.41) is 8.21. The predicted octanol–water partition coefficient (Wildman–Crippen LogP) is 1.84. The molecule has 1 aromatic carbocycles. The summed E-state index contributed by atoms with van der Waals surface area (Å²) in [6, 6.07) is 11.6. The van der Waals surface area contributed by atoms with Crippen LogP contribution in [-0.4, -0.2) is 20.0 Å². The minimum atomic E-state index is -0.0148. The molecule has 0 bridgehead atoms. The molecule has 2 N–H and O–H groups in total. The van der Waals surface area contributed by atoms with Crippen LogP contribution >= 0.6 is 0 Å². The van der Waals surface area contributed by atoms with Crippen molar-refractivity contribution in [3.63, 3.8) is 0 Å². The summed E-state index contributed by atoms with van der Waals surface area (Å²) in [5.74, 6) is 0.744. The minimum absolute atomic E-state index is 0.0148. The van der Waals surface area contributed by atoms with Crippen LogP contribution in [0.3, 0.4) is 0 Å². The second kappa shape index (κ2) is 4.19. The molecular formula is C13H13N5. The Bertz CT molecular complexity index is 669. The summed E-state index contributed by atoms with van der Waals surface area (Å²) < 4.78 is 1.72. The molecule has 0 fully saturated rings. The first kappa shape index (κ1) is 10.9. The Labute approximate surface area is 104 Å². The quantitative estimate of drug-likeness (QED) is 0.740. The number of benzene rings is 1. The van der Waals surface area contributed by atoms with E-state index in [9.17, 15) is 0 Å². The van der Waals surface area contributed by atoms with Gasteiger partial charge in [-0.05, 0) is 30.7 Å². The minimum Gasteiger partial charge on any atom is -0.324 e. The Balaban J connectivity index is 2.09. The van der Waals surface area contributed by atoms with Crippen LogP contribution < -0.4 is 5.73 Å². The standard InChI is InChI=1S/C13H13N5/c1-9(14)10-6-7-13(15-8-10)18-12-5-3-2-4-11(12)16-17-18/h2-9H,14H2,1H3/t9-/m1/s1. The predicted molar refractivity (Wildman–Crippen MR) is 69.3 cm³/mol. The van der Waals surface area contributed by atoms with E-state index in [1.807, 2.05) is 43.3 Å². The first-order valence-electron chi connectivity index (χ1n) is 5.78. The fourth-order valence-electron chi connectivity index (χ4n) is 1.83. The van der Waals surface area contributed by atoms with Crippen LogP contribution in [0.1, 0.15) is 18.5 Å². The summed E-state index contributed by atoms with van der Waals surface area (Å²) in [6.07, 6.45) is 1.77. The van der Waals surface area contributed by atoms with Crippen LogP contribution in [0.15, 0.2) is 42.6 Å². The van der Waals surface area contributed by atoms with Crippen molar-refractivity contribution in [3.8, 4) is 5.82 Å². The van der Waals surface area contributed by atoms with E-state index < -0.39 is 0 Å². The molecule has 2 heterocycles. The average molecular weight is 239 g/mol. The maximum Gasteiger partial charge on any atom is 0.155 e. The van der Waals surface area contributed by atoms with Crippen molar-refractivity contribution in [2.24, 2.45) is 5.73 Å². The highest BCUT2D eigenvalue weighted by Gasteiger charge is 2.07. The Kier molecular flexibility index (Phi) is 2.53. The molecule has 0 aliphatic rings. The number of hydrogen-bond acceptors (Lipinski definition) is 4. The van der Waals surface area contributed by atoms with E-state index in [4.69, 9.17) is 5.73 Å². The molecule has 0 unspecified atom stereocenters. The van der Waals surface area contributed by atoms with E-state index >= 15 is 0 Å². The number of nitrogens with zero attached hydrogens (tertiary/aromatic N) is 4. The fourth-order valence-corrected chi connectivity index (χ4v) is 1.83. The first-order valence-corrected chi connectivity index (χ1v) is 5.78. The van der Waals surface area contributed by atoms with Gasteiger partial charge in [0.1, 0.15) is 5.52 Å². The molecule has 18 heavy (non-hydrogen) atoms. The summed E-state index contributed by atoms with van der Waals surface area (Å²) in [6.45, 7) is 1.93. The van der Waals surface area contributed by atoms with Gasteiger partial charge in [0.2, 0.25) is 0 Å². The topological polar surface area (TPSA) is 69.6 Å². The summed E-state index contributed by atoms with van der Waals surface area (Å²) in [5.41, 5.74) is 8.60. The van der Waals surface area contributed by atoms with Gasteiger partial charge in [0.05, 0.1) is 5.52 Å². The zero-order valence-corrected chi connectivity index (χ0v) is 9.99. The lowest BCUT2D eigenvalue weighted by Crippen LogP contribution is -2.06. The highest BCUT2D eigenvalue weighted by Crippen LogP contribution is 2.15. The number of fused-ring (bicyclic) bond motifs is 1. The lowest BCUT2D eigenvalue weighted by Gasteiger charge is -2.06. The van der Waals surface area contributed by atoms with E-state index in [0.717, 1.165) is 22.4 Å². The van der Waals surface area contributed by atoms with Gasteiger partial charge in [-0.1, -0.05) is 23.4 Å². The fraction of sp³-hybridized carbons (Fsp3) is 0.154. The van der Waals surface area contributed by atoms with E-state index in [2.05, 4.69) is 15.3 Å². The van der Waals surface area contributed by atoms with Crippen molar-refractivity contribution < 1.29 is 0 Å². The van der Waals surface area contributed by atoms with Crippen LogP contribution in [0, 0.1) is 0 Å². The van der Waals surface area contributed by atoms with Crippen molar-refractivity contribution in [2.75, 3.05) is 0 Å². The zero-order valence-electron chi connectivity index (χ0n) is 9.99. The summed E-state index contributed by atoms with van der Waals surface area (Å²) in [4.78, 5) is 4.37. The molecule has 0 aliphatic carbocycles. The third kappa shape index (κ3) is 1.74. The van der Waals surface area contributed by atoms with Crippen molar-refractivity contribution in [1.29, 1.82) is 0 Å². The molecule has 0 amide bonds. The summed E-state index contributed by atoms with van der Waals surface area (Å²) >= 11 is 0. The molecule has 0 aliphatic heterocycles. The number of aromatic nitrogens is 4. The third-order valence-electron chi connectivity index (χ3n) is 2.87. The molecule has 2 aromatic heterocycles. The molecule has 3 aromatic rings. The SMILES string of the molecule is C[C@@H](N)c1ccc(-n2nnc3ccccc32)nc1. The molecule has 0 saturated heterocycles. The molecule has 0 radical (unpaired) electrons. The Morgan fingerprint density at radius 3 is 2.72 bits per heavy atom. The highest BCUT2D eigenvalue weighted by molar-refractivity contribution is 5.75. The van der Waals surface area contributed by atoms with Crippen LogP contribution in [-0.2, 0) is 0 Å². The van der Waals surface area contributed by atoms with E-state index in [0.29, 0.717) is 0 Å². The van der Waals surface area contributed by atoms with Crippen LogP contribution in [0.2, 0.25) is 0 Å². The second-order valence-corrected chi connectivity index (χ2v) is 4.23. The number of hydrogen-bond donors (Lipinski definition) is 1. The lowest BCUT2D eigenvalue weighted by atomic mass is 10.1. The monoisotopic (exact) mass is 239 g/mol. The average Bonchev–Trinajstić information content (AvgIpc) is 2.82.